The highest BCUT2D eigenvalue weighted by Gasteiger charge is 2.38. The Bertz CT molecular complexity index is 1020. The quantitative estimate of drug-likeness (QED) is 0.217. The van der Waals surface area contributed by atoms with Crippen LogP contribution in [-0.4, -0.2) is 46.0 Å². The highest BCUT2D eigenvalue weighted by atomic mass is 16.5. The summed E-state index contributed by atoms with van der Waals surface area (Å²) >= 11 is 0. The zero-order chi connectivity index (χ0) is 20.5. The van der Waals surface area contributed by atoms with Crippen molar-refractivity contribution in [3.8, 4) is 5.75 Å². The fourth-order valence-corrected chi connectivity index (χ4v) is 3.63. The second kappa shape index (κ2) is 7.57. The van der Waals surface area contributed by atoms with Gasteiger partial charge < -0.3 is 30.6 Å². The van der Waals surface area contributed by atoms with Crippen LogP contribution in [0.4, 0.5) is 0 Å². The zero-order valence-corrected chi connectivity index (χ0v) is 15.3. The summed E-state index contributed by atoms with van der Waals surface area (Å²) in [5.74, 6) is -2.60. The first kappa shape index (κ1) is 19.0. The van der Waals surface area contributed by atoms with Crippen molar-refractivity contribution in [1.82, 2.24) is 10.6 Å². The van der Waals surface area contributed by atoms with Crippen molar-refractivity contribution in [2.45, 2.75) is 25.5 Å². The number of carbonyl (C=O) groups excluding carboxylic acids is 1. The van der Waals surface area contributed by atoms with Crippen LogP contribution in [0.25, 0.3) is 0 Å². The SMILES string of the molecule is O=C(NC1Cc2cccc(C(=O)O)c2OB1O)C(=NO)c1ccc2c(c1)CNC2. The molecule has 0 radical (unpaired) electrons. The molecule has 29 heavy (non-hydrogen) atoms. The number of para-hydroxylation sites is 1. The average molecular weight is 395 g/mol. The standard InChI is InChI=1S/C19H18BN3O6/c24-18(16(23-28)10-4-5-12-8-21-9-13(12)6-10)22-15-7-11-2-1-3-14(19(25)26)17(11)29-20(15)27/h1-6,15,21,27-28H,7-9H2,(H,22,24)(H,25,26). The Morgan fingerprint density at radius 3 is 2.72 bits per heavy atom. The molecule has 10 heteroatoms. The summed E-state index contributed by atoms with van der Waals surface area (Å²) in [6.45, 7) is 1.41. The van der Waals surface area contributed by atoms with Crippen molar-refractivity contribution in [2.75, 3.05) is 0 Å². The maximum absolute atomic E-state index is 12.7. The summed E-state index contributed by atoms with van der Waals surface area (Å²) < 4.78 is 5.37. The van der Waals surface area contributed by atoms with Crippen LogP contribution in [0.1, 0.15) is 32.6 Å². The van der Waals surface area contributed by atoms with Gasteiger partial charge in [-0.05, 0) is 35.2 Å². The minimum atomic E-state index is -1.45. The van der Waals surface area contributed by atoms with Crippen LogP contribution in [0, 0.1) is 0 Å². The van der Waals surface area contributed by atoms with Crippen molar-refractivity contribution >= 4 is 24.7 Å². The van der Waals surface area contributed by atoms with Gasteiger partial charge in [-0.1, -0.05) is 29.4 Å². The fraction of sp³-hybridized carbons (Fsp3) is 0.211. The van der Waals surface area contributed by atoms with Crippen molar-refractivity contribution < 1.29 is 29.6 Å². The third-order valence-corrected chi connectivity index (χ3v) is 5.09. The molecule has 2 aromatic carbocycles. The van der Waals surface area contributed by atoms with Crippen LogP contribution in [0.2, 0.25) is 0 Å². The second-order valence-corrected chi connectivity index (χ2v) is 6.93. The molecule has 0 spiro atoms. The normalized spacial score (nSPS) is 17.9. The van der Waals surface area contributed by atoms with E-state index in [1.165, 1.54) is 6.07 Å². The first-order valence-corrected chi connectivity index (χ1v) is 9.03. The number of oxime groups is 1. The Balaban J connectivity index is 1.53. The number of amides is 1. The maximum Gasteiger partial charge on any atom is 0.547 e. The molecule has 0 saturated carbocycles. The minimum absolute atomic E-state index is 0.0595. The number of carboxylic acid groups (broad SMARTS) is 1. The lowest BCUT2D eigenvalue weighted by atomic mass is 9.72. The molecule has 2 heterocycles. The molecule has 0 bridgehead atoms. The molecule has 9 nitrogen and oxygen atoms in total. The molecule has 0 aromatic heterocycles. The first-order chi connectivity index (χ1) is 14.0. The van der Waals surface area contributed by atoms with E-state index >= 15 is 0 Å². The van der Waals surface area contributed by atoms with Crippen LogP contribution < -0.4 is 15.3 Å². The molecule has 0 fully saturated rings. The average Bonchev–Trinajstić information content (AvgIpc) is 3.16. The second-order valence-electron chi connectivity index (χ2n) is 6.93. The lowest BCUT2D eigenvalue weighted by Crippen LogP contribution is -2.54. The van der Waals surface area contributed by atoms with E-state index < -0.39 is 24.9 Å². The molecular formula is C19H18BN3O6. The summed E-state index contributed by atoms with van der Waals surface area (Å²) in [5, 5.41) is 37.9. The van der Waals surface area contributed by atoms with E-state index in [0.717, 1.165) is 17.7 Å². The summed E-state index contributed by atoms with van der Waals surface area (Å²) in [4.78, 5) is 24.0. The fourth-order valence-electron chi connectivity index (χ4n) is 3.63. The molecule has 1 atom stereocenters. The van der Waals surface area contributed by atoms with Gasteiger partial charge in [-0.2, -0.15) is 0 Å². The smallest absolute Gasteiger partial charge is 0.534 e. The molecule has 0 aliphatic carbocycles. The highest BCUT2D eigenvalue weighted by Crippen LogP contribution is 2.30. The number of carboxylic acids is 1. The van der Waals surface area contributed by atoms with Crippen LogP contribution in [0.15, 0.2) is 41.6 Å². The lowest BCUT2D eigenvalue weighted by Gasteiger charge is -2.28. The Morgan fingerprint density at radius 2 is 1.97 bits per heavy atom. The molecule has 4 rings (SSSR count). The third kappa shape index (κ3) is 3.55. The van der Waals surface area contributed by atoms with E-state index in [9.17, 15) is 24.9 Å². The molecule has 1 unspecified atom stereocenters. The van der Waals surface area contributed by atoms with Gasteiger partial charge >= 0.3 is 13.1 Å². The Kier molecular flexibility index (Phi) is 4.95. The van der Waals surface area contributed by atoms with Gasteiger partial charge in [-0.3, -0.25) is 4.79 Å². The van der Waals surface area contributed by atoms with Gasteiger partial charge in [0.05, 0.1) is 11.5 Å². The van der Waals surface area contributed by atoms with Gasteiger partial charge in [0.25, 0.3) is 5.91 Å². The van der Waals surface area contributed by atoms with E-state index in [2.05, 4.69) is 15.8 Å². The Labute approximate surface area is 166 Å². The number of rotatable bonds is 4. The third-order valence-electron chi connectivity index (χ3n) is 5.09. The van der Waals surface area contributed by atoms with Crippen molar-refractivity contribution in [2.24, 2.45) is 5.16 Å². The van der Waals surface area contributed by atoms with Gasteiger partial charge in [0.2, 0.25) is 0 Å². The monoisotopic (exact) mass is 395 g/mol. The molecule has 0 saturated heterocycles. The minimum Gasteiger partial charge on any atom is -0.534 e. The van der Waals surface area contributed by atoms with Crippen molar-refractivity contribution in [3.63, 3.8) is 0 Å². The number of carbonyl (C=O) groups is 2. The first-order valence-electron chi connectivity index (χ1n) is 9.03. The van der Waals surface area contributed by atoms with Crippen LogP contribution >= 0.6 is 0 Å². The number of hydrogen-bond donors (Lipinski definition) is 5. The van der Waals surface area contributed by atoms with E-state index in [4.69, 9.17) is 4.65 Å². The highest BCUT2D eigenvalue weighted by molar-refractivity contribution is 6.50. The van der Waals surface area contributed by atoms with Crippen LogP contribution in [0.3, 0.4) is 0 Å². The van der Waals surface area contributed by atoms with Gasteiger partial charge in [-0.25, -0.2) is 4.79 Å². The lowest BCUT2D eigenvalue weighted by molar-refractivity contribution is -0.115. The molecular weight excluding hydrogens is 377 g/mol. The van der Waals surface area contributed by atoms with E-state index in [0.29, 0.717) is 17.7 Å². The molecule has 148 valence electrons. The number of nitrogens with one attached hydrogen (secondary N) is 2. The summed E-state index contributed by atoms with van der Waals surface area (Å²) in [6.07, 6.45) is 0.163. The Morgan fingerprint density at radius 1 is 1.17 bits per heavy atom. The van der Waals surface area contributed by atoms with Gasteiger partial charge in [0.1, 0.15) is 5.75 Å². The van der Waals surface area contributed by atoms with Crippen molar-refractivity contribution in [1.29, 1.82) is 0 Å². The zero-order valence-electron chi connectivity index (χ0n) is 15.3. The number of hydrogen-bond acceptors (Lipinski definition) is 7. The molecule has 2 aromatic rings. The Hall–Kier alpha value is -3.37. The molecule has 2 aliphatic rings. The van der Waals surface area contributed by atoms with E-state index in [1.54, 1.807) is 24.3 Å². The van der Waals surface area contributed by atoms with Gasteiger partial charge in [-0.15, -0.1) is 0 Å². The molecule has 5 N–H and O–H groups in total. The van der Waals surface area contributed by atoms with E-state index in [-0.39, 0.29) is 23.4 Å². The number of nitrogens with zero attached hydrogens (tertiary/aromatic N) is 1. The topological polar surface area (TPSA) is 140 Å². The van der Waals surface area contributed by atoms with E-state index in [1.807, 2.05) is 6.07 Å². The predicted molar refractivity (Wildman–Crippen MR) is 103 cm³/mol. The summed E-state index contributed by atoms with van der Waals surface area (Å²) in [5.41, 5.74) is 2.90. The number of benzene rings is 2. The van der Waals surface area contributed by atoms with Gasteiger partial charge in [0, 0.05) is 18.7 Å². The number of fused-ring (bicyclic) bond motifs is 2. The van der Waals surface area contributed by atoms with Crippen molar-refractivity contribution in [3.05, 3.63) is 64.2 Å². The molecule has 1 amide bonds. The largest absolute Gasteiger partial charge is 0.547 e. The number of aromatic carboxylic acids is 1. The van der Waals surface area contributed by atoms with Gasteiger partial charge in [0.15, 0.2) is 5.71 Å². The summed E-state index contributed by atoms with van der Waals surface area (Å²) in [7, 11) is -1.45. The maximum atomic E-state index is 12.7. The summed E-state index contributed by atoms with van der Waals surface area (Å²) in [6, 6.07) is 9.97. The molecule has 2 aliphatic heterocycles. The predicted octanol–water partition coefficient (Wildman–Crippen LogP) is 0.306. The van der Waals surface area contributed by atoms with Crippen LogP contribution in [-0.2, 0) is 24.3 Å². The van der Waals surface area contributed by atoms with Crippen LogP contribution in [0.5, 0.6) is 5.75 Å².